The van der Waals surface area contributed by atoms with E-state index in [1.807, 2.05) is 4.72 Å². The van der Waals surface area contributed by atoms with Gasteiger partial charge in [0.15, 0.2) is 15.7 Å². The van der Waals surface area contributed by atoms with Crippen LogP contribution in [-0.2, 0) is 10.0 Å². The predicted octanol–water partition coefficient (Wildman–Crippen LogP) is 1.18. The van der Waals surface area contributed by atoms with Gasteiger partial charge in [-0.1, -0.05) is 0 Å². The fourth-order valence-electron chi connectivity index (χ4n) is 1.22. The largest absolute Gasteiger partial charge is 0.476 e. The normalized spacial score (nSPS) is 11.2. The Hall–Kier alpha value is -2.07. The van der Waals surface area contributed by atoms with E-state index in [9.17, 15) is 17.6 Å². The summed E-state index contributed by atoms with van der Waals surface area (Å²) in [7, 11) is -4.21. The van der Waals surface area contributed by atoms with Gasteiger partial charge in [0.1, 0.15) is 0 Å². The van der Waals surface area contributed by atoms with Gasteiger partial charge in [-0.25, -0.2) is 22.6 Å². The molecule has 2 N–H and O–H groups in total. The summed E-state index contributed by atoms with van der Waals surface area (Å²) < 4.78 is 38.7. The summed E-state index contributed by atoms with van der Waals surface area (Å²) in [5.41, 5.74) is 0.160. The zero-order chi connectivity index (χ0) is 14.0. The van der Waals surface area contributed by atoms with E-state index in [-0.39, 0.29) is 5.69 Å². The number of rotatable bonds is 4. The number of anilines is 1. The molecule has 0 amide bonds. The van der Waals surface area contributed by atoms with Crippen LogP contribution in [0.5, 0.6) is 0 Å². The minimum Gasteiger partial charge on any atom is -0.476 e. The van der Waals surface area contributed by atoms with Gasteiger partial charge in [-0.15, -0.1) is 11.3 Å². The van der Waals surface area contributed by atoms with Crippen molar-refractivity contribution in [2.45, 2.75) is 4.21 Å². The average Bonchev–Trinajstić information content (AvgIpc) is 2.82. The lowest BCUT2D eigenvalue weighted by molar-refractivity contribution is 0.0687. The second-order valence-corrected chi connectivity index (χ2v) is 5.99. The van der Waals surface area contributed by atoms with Crippen LogP contribution in [0.3, 0.4) is 0 Å². The molecule has 0 bridgehead atoms. The zero-order valence-electron chi connectivity index (χ0n) is 9.07. The van der Waals surface area contributed by atoms with Crippen LogP contribution in [0.2, 0.25) is 0 Å². The number of pyridine rings is 1. The molecule has 2 rings (SSSR count). The van der Waals surface area contributed by atoms with E-state index in [0.29, 0.717) is 11.3 Å². The molecule has 2 aromatic rings. The number of aromatic carboxylic acids is 1. The summed E-state index contributed by atoms with van der Waals surface area (Å²) in [6.45, 7) is 0. The summed E-state index contributed by atoms with van der Waals surface area (Å²) in [6.07, 6.45) is 2.04. The molecular formula is C9H6FN3O4S2. The lowest BCUT2D eigenvalue weighted by Crippen LogP contribution is -2.16. The molecule has 2 heterocycles. The Morgan fingerprint density at radius 1 is 1.47 bits per heavy atom. The first-order valence-electron chi connectivity index (χ1n) is 4.71. The van der Waals surface area contributed by atoms with Crippen LogP contribution in [0, 0.1) is 5.82 Å². The van der Waals surface area contributed by atoms with Gasteiger partial charge in [-0.05, 0) is 6.07 Å². The van der Waals surface area contributed by atoms with Crippen LogP contribution in [-0.4, -0.2) is 29.5 Å². The van der Waals surface area contributed by atoms with Crippen molar-refractivity contribution in [3.63, 3.8) is 0 Å². The molecule has 0 unspecified atom stereocenters. The number of thiazole rings is 1. The molecule has 100 valence electrons. The third-order valence-electron chi connectivity index (χ3n) is 2.00. The first-order valence-corrected chi connectivity index (χ1v) is 7.07. The number of carbonyl (C=O) groups is 1. The smallest absolute Gasteiger partial charge is 0.356 e. The molecule has 0 atom stereocenters. The first-order chi connectivity index (χ1) is 8.92. The Bertz CT molecular complexity index is 729. The lowest BCUT2D eigenvalue weighted by atomic mass is 10.4. The monoisotopic (exact) mass is 303 g/mol. The molecule has 2 aromatic heterocycles. The van der Waals surface area contributed by atoms with Gasteiger partial charge in [-0.2, -0.15) is 0 Å². The highest BCUT2D eigenvalue weighted by molar-refractivity contribution is 7.94. The van der Waals surface area contributed by atoms with Gasteiger partial charge < -0.3 is 5.11 Å². The second-order valence-electron chi connectivity index (χ2n) is 3.25. The summed E-state index contributed by atoms with van der Waals surface area (Å²) in [5, 5.41) is 8.81. The van der Waals surface area contributed by atoms with Crippen LogP contribution in [0.15, 0.2) is 28.2 Å². The SMILES string of the molecule is O=C(O)c1ncsc1S(=O)(=O)Nc1ccncc1F. The van der Waals surface area contributed by atoms with Gasteiger partial charge in [-0.3, -0.25) is 9.71 Å². The molecule has 0 saturated heterocycles. The van der Waals surface area contributed by atoms with Crippen LogP contribution >= 0.6 is 11.3 Å². The van der Waals surface area contributed by atoms with E-state index >= 15 is 0 Å². The number of sulfonamides is 1. The molecule has 0 aliphatic carbocycles. The molecule has 0 spiro atoms. The molecule has 0 saturated carbocycles. The minimum atomic E-state index is -4.21. The zero-order valence-corrected chi connectivity index (χ0v) is 10.7. The second kappa shape index (κ2) is 4.90. The molecule has 0 aromatic carbocycles. The number of hydrogen-bond acceptors (Lipinski definition) is 6. The maximum atomic E-state index is 13.3. The minimum absolute atomic E-state index is 0.320. The molecule has 7 nitrogen and oxygen atoms in total. The Morgan fingerprint density at radius 2 is 2.21 bits per heavy atom. The number of halogens is 1. The molecule has 0 aliphatic rings. The van der Waals surface area contributed by atoms with Gasteiger partial charge in [0, 0.05) is 6.20 Å². The average molecular weight is 303 g/mol. The summed E-state index contributed by atoms with van der Waals surface area (Å²) in [4.78, 5) is 17.7. The van der Waals surface area contributed by atoms with E-state index in [1.165, 1.54) is 6.20 Å². The summed E-state index contributed by atoms with van der Waals surface area (Å²) >= 11 is 0.629. The van der Waals surface area contributed by atoms with Crippen molar-refractivity contribution in [3.05, 3.63) is 35.5 Å². The van der Waals surface area contributed by atoms with E-state index < -0.39 is 31.7 Å². The maximum Gasteiger partial charge on any atom is 0.356 e. The third kappa shape index (κ3) is 2.69. The van der Waals surface area contributed by atoms with Gasteiger partial charge in [0.05, 0.1) is 17.4 Å². The number of carboxylic acids is 1. The fraction of sp³-hybridized carbons (Fsp3) is 0. The number of carboxylic acid groups (broad SMARTS) is 1. The Balaban J connectivity index is 2.41. The molecule has 0 aliphatic heterocycles. The van der Waals surface area contributed by atoms with Crippen LogP contribution in [0.1, 0.15) is 10.5 Å². The number of aromatic nitrogens is 2. The van der Waals surface area contributed by atoms with Gasteiger partial charge in [0.2, 0.25) is 0 Å². The quantitative estimate of drug-likeness (QED) is 0.877. The number of nitrogens with one attached hydrogen (secondary N) is 1. The van der Waals surface area contributed by atoms with Crippen LogP contribution in [0.4, 0.5) is 10.1 Å². The van der Waals surface area contributed by atoms with E-state index in [2.05, 4.69) is 9.97 Å². The van der Waals surface area contributed by atoms with E-state index in [0.717, 1.165) is 17.8 Å². The molecular weight excluding hydrogens is 297 g/mol. The first kappa shape index (κ1) is 13.4. The van der Waals surface area contributed by atoms with E-state index in [1.54, 1.807) is 0 Å². The van der Waals surface area contributed by atoms with Crippen molar-refractivity contribution in [1.29, 1.82) is 0 Å². The lowest BCUT2D eigenvalue weighted by Gasteiger charge is -2.06. The standard InChI is InChI=1S/C9H6FN3O4S2/c10-5-3-11-2-1-6(5)13-19(16,17)9-7(8(14)15)12-4-18-9/h1-4H,(H,11,13)(H,14,15). The fourth-order valence-corrected chi connectivity index (χ4v) is 3.43. The summed E-state index contributed by atoms with van der Waals surface area (Å²) in [6, 6.07) is 1.12. The van der Waals surface area contributed by atoms with Crippen molar-refractivity contribution in [1.82, 2.24) is 9.97 Å². The van der Waals surface area contributed by atoms with Crippen molar-refractivity contribution >= 4 is 33.0 Å². The van der Waals surface area contributed by atoms with Crippen LogP contribution < -0.4 is 4.72 Å². The Morgan fingerprint density at radius 3 is 2.84 bits per heavy atom. The van der Waals surface area contributed by atoms with Gasteiger partial charge in [0.25, 0.3) is 10.0 Å². The Labute approximate surface area is 110 Å². The van der Waals surface area contributed by atoms with Crippen LogP contribution in [0.25, 0.3) is 0 Å². The predicted molar refractivity (Wildman–Crippen MR) is 64.1 cm³/mol. The highest BCUT2D eigenvalue weighted by atomic mass is 32.2. The van der Waals surface area contributed by atoms with Crippen molar-refractivity contribution in [2.75, 3.05) is 4.72 Å². The molecule has 0 radical (unpaired) electrons. The highest BCUT2D eigenvalue weighted by Crippen LogP contribution is 2.24. The Kier molecular flexibility index (Phi) is 3.44. The number of hydrogen-bond donors (Lipinski definition) is 2. The number of nitrogens with zero attached hydrogens (tertiary/aromatic N) is 2. The van der Waals surface area contributed by atoms with Crippen molar-refractivity contribution < 1.29 is 22.7 Å². The highest BCUT2D eigenvalue weighted by Gasteiger charge is 2.26. The van der Waals surface area contributed by atoms with Crippen molar-refractivity contribution in [3.8, 4) is 0 Å². The van der Waals surface area contributed by atoms with E-state index in [4.69, 9.17) is 5.11 Å². The van der Waals surface area contributed by atoms with Gasteiger partial charge >= 0.3 is 5.97 Å². The topological polar surface area (TPSA) is 109 Å². The molecule has 19 heavy (non-hydrogen) atoms. The maximum absolute atomic E-state index is 13.3. The third-order valence-corrected chi connectivity index (χ3v) is 4.73. The molecule has 0 fully saturated rings. The van der Waals surface area contributed by atoms with Crippen molar-refractivity contribution in [2.24, 2.45) is 0 Å². The molecule has 10 heteroatoms. The summed E-state index contributed by atoms with van der Waals surface area (Å²) in [5.74, 6) is -2.34.